The minimum Gasteiger partial charge on any atom is -0.390 e. The summed E-state index contributed by atoms with van der Waals surface area (Å²) in [5.41, 5.74) is 1.75. The Morgan fingerprint density at radius 2 is 1.91 bits per heavy atom. The second-order valence-electron chi connectivity index (χ2n) is 7.23. The Hall–Kier alpha value is -1.43. The fraction of sp³-hybridized carbons (Fsp3) is 0.611. The highest BCUT2D eigenvalue weighted by Gasteiger charge is 2.51. The molecule has 1 aromatic carbocycles. The molecular formula is C18H27N3O2. The quantitative estimate of drug-likeness (QED) is 0.897. The monoisotopic (exact) mass is 317 g/mol. The van der Waals surface area contributed by atoms with Gasteiger partial charge in [0.15, 0.2) is 0 Å². The minimum absolute atomic E-state index is 0.171. The van der Waals surface area contributed by atoms with E-state index < -0.39 is 6.10 Å². The van der Waals surface area contributed by atoms with Crippen LogP contribution in [0, 0.1) is 0 Å². The topological polar surface area (TPSA) is 47.0 Å². The summed E-state index contributed by atoms with van der Waals surface area (Å²) in [4.78, 5) is 19.3. The maximum atomic E-state index is 13.2. The number of benzene rings is 1. The molecule has 1 amide bonds. The number of carbonyl (C=O) groups is 1. The van der Waals surface area contributed by atoms with Gasteiger partial charge in [-0.2, -0.15) is 0 Å². The molecule has 2 aliphatic rings. The first-order valence-electron chi connectivity index (χ1n) is 8.37. The molecule has 1 saturated heterocycles. The zero-order chi connectivity index (χ0) is 16.6. The zero-order valence-electron chi connectivity index (χ0n) is 14.3. The Bertz CT molecular complexity index is 579. The van der Waals surface area contributed by atoms with Crippen LogP contribution in [0.5, 0.6) is 0 Å². The molecule has 1 atom stereocenters. The van der Waals surface area contributed by atoms with Crippen LogP contribution in [0.25, 0.3) is 0 Å². The van der Waals surface area contributed by atoms with E-state index in [-0.39, 0.29) is 11.3 Å². The molecule has 3 rings (SSSR count). The van der Waals surface area contributed by atoms with E-state index >= 15 is 0 Å². The molecule has 23 heavy (non-hydrogen) atoms. The largest absolute Gasteiger partial charge is 0.390 e. The van der Waals surface area contributed by atoms with Crippen molar-refractivity contribution in [3.8, 4) is 0 Å². The summed E-state index contributed by atoms with van der Waals surface area (Å²) < 4.78 is 0. The number of rotatable bonds is 4. The summed E-state index contributed by atoms with van der Waals surface area (Å²) in [7, 11) is 5.97. The standard InChI is InChI=1S/C18H27N3O2/c1-19(2)12-14(22)13-21-16-7-5-4-6-15(16)18(17(21)23)8-10-20(3)11-9-18/h4-7,14,22H,8-13H2,1-3H3. The van der Waals surface area contributed by atoms with Crippen molar-refractivity contribution >= 4 is 11.6 Å². The number of carbonyl (C=O) groups excluding carboxylic acids is 1. The van der Waals surface area contributed by atoms with Crippen LogP contribution in [0.4, 0.5) is 5.69 Å². The summed E-state index contributed by atoms with van der Waals surface area (Å²) >= 11 is 0. The lowest BCUT2D eigenvalue weighted by Gasteiger charge is -2.37. The molecule has 0 bridgehead atoms. The average Bonchev–Trinajstić information content (AvgIpc) is 2.73. The first-order valence-corrected chi connectivity index (χ1v) is 8.37. The van der Waals surface area contributed by atoms with Gasteiger partial charge in [-0.1, -0.05) is 18.2 Å². The van der Waals surface area contributed by atoms with Gasteiger partial charge in [0.25, 0.3) is 0 Å². The molecule has 5 nitrogen and oxygen atoms in total. The number of nitrogens with zero attached hydrogens (tertiary/aromatic N) is 3. The van der Waals surface area contributed by atoms with E-state index in [0.29, 0.717) is 13.1 Å². The lowest BCUT2D eigenvalue weighted by molar-refractivity contribution is -0.125. The summed E-state index contributed by atoms with van der Waals surface area (Å²) in [6.07, 6.45) is 1.18. The van der Waals surface area contributed by atoms with E-state index in [0.717, 1.165) is 37.2 Å². The molecule has 1 aromatic rings. The molecule has 1 N–H and O–H groups in total. The van der Waals surface area contributed by atoms with Gasteiger partial charge in [0, 0.05) is 12.2 Å². The zero-order valence-corrected chi connectivity index (χ0v) is 14.3. The lowest BCUT2D eigenvalue weighted by atomic mass is 9.74. The number of amides is 1. The summed E-state index contributed by atoms with van der Waals surface area (Å²) in [5, 5.41) is 10.3. The highest BCUT2D eigenvalue weighted by Crippen LogP contribution is 2.47. The van der Waals surface area contributed by atoms with Crippen molar-refractivity contribution in [2.45, 2.75) is 24.4 Å². The number of aliphatic hydroxyl groups is 1. The van der Waals surface area contributed by atoms with Gasteiger partial charge < -0.3 is 19.8 Å². The average molecular weight is 317 g/mol. The fourth-order valence-corrected chi connectivity index (χ4v) is 3.95. The van der Waals surface area contributed by atoms with Gasteiger partial charge in [-0.15, -0.1) is 0 Å². The van der Waals surface area contributed by atoms with Crippen LogP contribution in [0.1, 0.15) is 18.4 Å². The third kappa shape index (κ3) is 2.89. The predicted molar refractivity (Wildman–Crippen MR) is 91.8 cm³/mol. The molecule has 0 saturated carbocycles. The fourth-order valence-electron chi connectivity index (χ4n) is 3.95. The smallest absolute Gasteiger partial charge is 0.237 e. The van der Waals surface area contributed by atoms with E-state index in [4.69, 9.17) is 0 Å². The van der Waals surface area contributed by atoms with Gasteiger partial charge in [0.1, 0.15) is 0 Å². The van der Waals surface area contributed by atoms with E-state index in [1.165, 1.54) is 0 Å². The molecule has 126 valence electrons. The molecular weight excluding hydrogens is 290 g/mol. The lowest BCUT2D eigenvalue weighted by Crippen LogP contribution is -2.49. The van der Waals surface area contributed by atoms with Crippen LogP contribution >= 0.6 is 0 Å². The highest BCUT2D eigenvalue weighted by molar-refractivity contribution is 6.08. The van der Waals surface area contributed by atoms with E-state index in [1.54, 1.807) is 0 Å². The van der Waals surface area contributed by atoms with Gasteiger partial charge >= 0.3 is 0 Å². The minimum atomic E-state index is -0.538. The van der Waals surface area contributed by atoms with Gasteiger partial charge in [0.2, 0.25) is 5.91 Å². The number of piperidine rings is 1. The number of β-amino-alcohol motifs (C(OH)–C–C–N with tert-alkyl or cyclic N) is 1. The van der Waals surface area contributed by atoms with Gasteiger partial charge in [0.05, 0.1) is 18.1 Å². The SMILES string of the molecule is CN(C)CC(O)CN1C(=O)C2(CCN(C)CC2)c2ccccc21. The van der Waals surface area contributed by atoms with Gasteiger partial charge in [-0.3, -0.25) is 4.79 Å². The van der Waals surface area contributed by atoms with E-state index in [1.807, 2.05) is 42.1 Å². The molecule has 0 radical (unpaired) electrons. The molecule has 0 aromatic heterocycles. The number of anilines is 1. The molecule has 1 unspecified atom stereocenters. The van der Waals surface area contributed by atoms with Crippen molar-refractivity contribution in [3.05, 3.63) is 29.8 Å². The van der Waals surface area contributed by atoms with Crippen molar-refractivity contribution in [3.63, 3.8) is 0 Å². The first kappa shape index (κ1) is 16.4. The van der Waals surface area contributed by atoms with Gasteiger partial charge in [-0.25, -0.2) is 0 Å². The Morgan fingerprint density at radius 1 is 1.26 bits per heavy atom. The molecule has 0 aliphatic carbocycles. The van der Waals surface area contributed by atoms with Crippen molar-refractivity contribution in [1.29, 1.82) is 0 Å². The number of likely N-dealkylation sites (N-methyl/N-ethyl adjacent to an activating group) is 1. The van der Waals surface area contributed by atoms with Crippen molar-refractivity contribution in [2.75, 3.05) is 52.2 Å². The van der Waals surface area contributed by atoms with Gasteiger partial charge in [-0.05, 0) is 58.7 Å². The maximum absolute atomic E-state index is 13.2. The Labute approximate surface area is 138 Å². The normalized spacial score (nSPS) is 22.0. The van der Waals surface area contributed by atoms with Crippen LogP contribution in [0.3, 0.4) is 0 Å². The van der Waals surface area contributed by atoms with Crippen molar-refractivity contribution in [1.82, 2.24) is 9.80 Å². The van der Waals surface area contributed by atoms with Crippen molar-refractivity contribution in [2.24, 2.45) is 0 Å². The second-order valence-corrected chi connectivity index (χ2v) is 7.23. The maximum Gasteiger partial charge on any atom is 0.237 e. The molecule has 1 fully saturated rings. The number of fused-ring (bicyclic) bond motifs is 2. The van der Waals surface area contributed by atoms with E-state index in [2.05, 4.69) is 18.0 Å². The Morgan fingerprint density at radius 3 is 2.57 bits per heavy atom. The van der Waals surface area contributed by atoms with E-state index in [9.17, 15) is 9.90 Å². The van der Waals surface area contributed by atoms with Crippen LogP contribution < -0.4 is 4.90 Å². The number of hydrogen-bond acceptors (Lipinski definition) is 4. The van der Waals surface area contributed by atoms with Crippen LogP contribution in [0.2, 0.25) is 0 Å². The summed E-state index contributed by atoms with van der Waals surface area (Å²) in [5.74, 6) is 0.171. The molecule has 1 spiro atoms. The number of hydrogen-bond donors (Lipinski definition) is 1. The summed E-state index contributed by atoms with van der Waals surface area (Å²) in [6.45, 7) is 2.80. The summed E-state index contributed by atoms with van der Waals surface area (Å²) in [6, 6.07) is 8.11. The number of aliphatic hydroxyl groups excluding tert-OH is 1. The highest BCUT2D eigenvalue weighted by atomic mass is 16.3. The number of para-hydroxylation sites is 1. The third-order valence-electron chi connectivity index (χ3n) is 5.17. The van der Waals surface area contributed by atoms with Crippen molar-refractivity contribution < 1.29 is 9.90 Å². The predicted octanol–water partition coefficient (Wildman–Crippen LogP) is 0.919. The molecule has 5 heteroatoms. The molecule has 2 aliphatic heterocycles. The van der Waals surface area contributed by atoms with Crippen LogP contribution in [-0.2, 0) is 10.2 Å². The number of likely N-dealkylation sites (tertiary alicyclic amines) is 1. The third-order valence-corrected chi connectivity index (χ3v) is 5.17. The van der Waals surface area contributed by atoms with Crippen LogP contribution in [0.15, 0.2) is 24.3 Å². The molecule has 2 heterocycles. The second kappa shape index (κ2) is 6.23. The van der Waals surface area contributed by atoms with Crippen LogP contribution in [-0.4, -0.2) is 74.2 Å². The first-order chi connectivity index (χ1) is 10.9. The Kier molecular flexibility index (Phi) is 4.45. The Balaban J connectivity index is 1.90.